The number of amides is 1. The molecule has 0 aliphatic heterocycles. The summed E-state index contributed by atoms with van der Waals surface area (Å²) in [5.74, 6) is -0.792. The molecule has 2 rings (SSSR count). The Kier molecular flexibility index (Phi) is 4.23. The molecule has 19 heavy (non-hydrogen) atoms. The van der Waals surface area contributed by atoms with Crippen LogP contribution < -0.4 is 5.32 Å². The molecule has 1 N–H and O–H groups in total. The van der Waals surface area contributed by atoms with Crippen LogP contribution in [0.5, 0.6) is 0 Å². The Morgan fingerprint density at radius 2 is 1.42 bits per heavy atom. The lowest BCUT2D eigenvalue weighted by molar-refractivity contribution is -0.116. The van der Waals surface area contributed by atoms with Crippen molar-refractivity contribution in [1.82, 2.24) is 0 Å². The Labute approximate surface area is 110 Å². The van der Waals surface area contributed by atoms with Gasteiger partial charge in [-0.3, -0.25) is 4.79 Å². The normalized spacial score (nSPS) is 10.2. The van der Waals surface area contributed by atoms with Crippen molar-refractivity contribution in [2.75, 3.05) is 5.32 Å². The minimum absolute atomic E-state index is 0.157. The topological polar surface area (TPSA) is 29.1 Å². The molecule has 0 unspecified atom stereocenters. The van der Waals surface area contributed by atoms with Crippen LogP contribution in [0.25, 0.3) is 0 Å². The predicted molar refractivity (Wildman–Crippen MR) is 69.8 cm³/mol. The van der Waals surface area contributed by atoms with Gasteiger partial charge in [-0.05, 0) is 48.4 Å². The fraction of sp³-hybridized carbons (Fsp3) is 0.133. The van der Waals surface area contributed by atoms with E-state index in [0.29, 0.717) is 18.5 Å². The van der Waals surface area contributed by atoms with Gasteiger partial charge < -0.3 is 5.32 Å². The summed E-state index contributed by atoms with van der Waals surface area (Å²) in [6, 6.07) is 11.6. The summed E-state index contributed by atoms with van der Waals surface area (Å²) in [6.45, 7) is 0. The Hall–Kier alpha value is -2.23. The fourth-order valence-electron chi connectivity index (χ4n) is 1.67. The van der Waals surface area contributed by atoms with Gasteiger partial charge in [0.05, 0.1) is 0 Å². The average Bonchev–Trinajstić information content (AvgIpc) is 2.41. The van der Waals surface area contributed by atoms with Crippen molar-refractivity contribution < 1.29 is 13.6 Å². The average molecular weight is 261 g/mol. The van der Waals surface area contributed by atoms with Gasteiger partial charge in [-0.2, -0.15) is 0 Å². The van der Waals surface area contributed by atoms with Crippen molar-refractivity contribution in [3.8, 4) is 0 Å². The first kappa shape index (κ1) is 13.2. The molecule has 0 saturated carbocycles. The minimum atomic E-state index is -0.343. The molecule has 0 atom stereocenters. The van der Waals surface area contributed by atoms with Crippen molar-refractivity contribution >= 4 is 11.6 Å². The third kappa shape index (κ3) is 4.17. The fourth-order valence-corrected chi connectivity index (χ4v) is 1.67. The number of halogens is 2. The number of hydrogen-bond acceptors (Lipinski definition) is 1. The second kappa shape index (κ2) is 6.09. The van der Waals surface area contributed by atoms with Crippen molar-refractivity contribution in [2.24, 2.45) is 0 Å². The molecule has 0 fully saturated rings. The van der Waals surface area contributed by atoms with Crippen LogP contribution >= 0.6 is 0 Å². The maximum Gasteiger partial charge on any atom is 0.224 e. The smallest absolute Gasteiger partial charge is 0.224 e. The third-order valence-corrected chi connectivity index (χ3v) is 2.68. The summed E-state index contributed by atoms with van der Waals surface area (Å²) in [5.41, 5.74) is 1.46. The van der Waals surface area contributed by atoms with E-state index < -0.39 is 0 Å². The predicted octanol–water partition coefficient (Wildman–Crippen LogP) is 3.54. The van der Waals surface area contributed by atoms with E-state index in [0.717, 1.165) is 5.56 Å². The first-order chi connectivity index (χ1) is 9.13. The van der Waals surface area contributed by atoms with E-state index in [9.17, 15) is 13.6 Å². The summed E-state index contributed by atoms with van der Waals surface area (Å²) < 4.78 is 25.4. The zero-order valence-electron chi connectivity index (χ0n) is 10.2. The van der Waals surface area contributed by atoms with E-state index in [1.807, 2.05) is 0 Å². The number of anilines is 1. The molecule has 0 aromatic heterocycles. The molecule has 0 bridgehead atoms. The second-order valence-electron chi connectivity index (χ2n) is 4.18. The number of carbonyl (C=O) groups is 1. The summed E-state index contributed by atoms with van der Waals surface area (Å²) in [5, 5.41) is 2.67. The SMILES string of the molecule is O=C(CCc1ccc(F)cc1)Nc1ccc(F)cc1. The van der Waals surface area contributed by atoms with Crippen molar-refractivity contribution in [2.45, 2.75) is 12.8 Å². The Morgan fingerprint density at radius 3 is 2.00 bits per heavy atom. The molecule has 98 valence electrons. The highest BCUT2D eigenvalue weighted by Crippen LogP contribution is 2.10. The number of nitrogens with one attached hydrogen (secondary N) is 1. The van der Waals surface area contributed by atoms with E-state index in [4.69, 9.17) is 0 Å². The van der Waals surface area contributed by atoms with E-state index in [1.165, 1.54) is 36.4 Å². The molecule has 0 radical (unpaired) electrons. The molecule has 2 aromatic carbocycles. The highest BCUT2D eigenvalue weighted by molar-refractivity contribution is 5.90. The van der Waals surface area contributed by atoms with Gasteiger partial charge in [-0.25, -0.2) is 8.78 Å². The molecule has 4 heteroatoms. The van der Waals surface area contributed by atoms with E-state index >= 15 is 0 Å². The zero-order chi connectivity index (χ0) is 13.7. The summed E-state index contributed by atoms with van der Waals surface area (Å²) >= 11 is 0. The monoisotopic (exact) mass is 261 g/mol. The minimum Gasteiger partial charge on any atom is -0.326 e. The number of benzene rings is 2. The zero-order valence-corrected chi connectivity index (χ0v) is 10.2. The number of carbonyl (C=O) groups excluding carboxylic acids is 1. The van der Waals surface area contributed by atoms with E-state index in [-0.39, 0.29) is 17.5 Å². The van der Waals surface area contributed by atoms with Crippen LogP contribution in [-0.4, -0.2) is 5.91 Å². The molecule has 0 spiro atoms. The Bertz CT molecular complexity index is 549. The van der Waals surface area contributed by atoms with Crippen molar-refractivity contribution in [3.05, 3.63) is 65.7 Å². The van der Waals surface area contributed by atoms with Gasteiger partial charge in [-0.15, -0.1) is 0 Å². The largest absolute Gasteiger partial charge is 0.326 e. The van der Waals surface area contributed by atoms with Crippen LogP contribution in [0.15, 0.2) is 48.5 Å². The van der Waals surface area contributed by atoms with Crippen molar-refractivity contribution in [3.63, 3.8) is 0 Å². The number of rotatable bonds is 4. The van der Waals surface area contributed by atoms with Crippen molar-refractivity contribution in [1.29, 1.82) is 0 Å². The lowest BCUT2D eigenvalue weighted by Gasteiger charge is -2.05. The van der Waals surface area contributed by atoms with Gasteiger partial charge in [-0.1, -0.05) is 12.1 Å². The van der Waals surface area contributed by atoms with E-state index in [2.05, 4.69) is 5.32 Å². The lowest BCUT2D eigenvalue weighted by Crippen LogP contribution is -2.12. The maximum absolute atomic E-state index is 12.7. The summed E-state index contributed by atoms with van der Waals surface area (Å²) in [4.78, 5) is 11.7. The van der Waals surface area contributed by atoms with Crippen LogP contribution in [0.4, 0.5) is 14.5 Å². The quantitative estimate of drug-likeness (QED) is 0.896. The van der Waals surface area contributed by atoms with Crippen LogP contribution in [0.2, 0.25) is 0 Å². The lowest BCUT2D eigenvalue weighted by atomic mass is 10.1. The van der Waals surface area contributed by atoms with Gasteiger partial charge in [0.1, 0.15) is 11.6 Å². The highest BCUT2D eigenvalue weighted by Gasteiger charge is 2.03. The third-order valence-electron chi connectivity index (χ3n) is 2.68. The molecule has 2 aromatic rings. The maximum atomic E-state index is 12.7. The second-order valence-corrected chi connectivity index (χ2v) is 4.18. The van der Waals surface area contributed by atoms with E-state index in [1.54, 1.807) is 12.1 Å². The highest BCUT2D eigenvalue weighted by atomic mass is 19.1. The van der Waals surface area contributed by atoms with Gasteiger partial charge in [0, 0.05) is 12.1 Å². The standard InChI is InChI=1S/C15H13F2NO/c16-12-4-1-11(2-5-12)3-10-15(19)18-14-8-6-13(17)7-9-14/h1-2,4-9H,3,10H2,(H,18,19). The van der Waals surface area contributed by atoms with Crippen LogP contribution in [0.3, 0.4) is 0 Å². The molecular formula is C15H13F2NO. The summed E-state index contributed by atoms with van der Waals surface area (Å²) in [6.07, 6.45) is 0.830. The molecule has 0 heterocycles. The molecule has 0 aliphatic rings. The van der Waals surface area contributed by atoms with Crippen LogP contribution in [-0.2, 0) is 11.2 Å². The van der Waals surface area contributed by atoms with Crippen LogP contribution in [0, 0.1) is 11.6 Å². The van der Waals surface area contributed by atoms with Gasteiger partial charge in [0.15, 0.2) is 0 Å². The van der Waals surface area contributed by atoms with Gasteiger partial charge >= 0.3 is 0 Å². The summed E-state index contributed by atoms with van der Waals surface area (Å²) in [7, 11) is 0. The van der Waals surface area contributed by atoms with Crippen LogP contribution in [0.1, 0.15) is 12.0 Å². The first-order valence-corrected chi connectivity index (χ1v) is 5.93. The number of hydrogen-bond donors (Lipinski definition) is 1. The number of aryl methyl sites for hydroxylation is 1. The first-order valence-electron chi connectivity index (χ1n) is 5.93. The van der Waals surface area contributed by atoms with Gasteiger partial charge in [0.2, 0.25) is 5.91 Å². The Balaban J connectivity index is 1.84. The Morgan fingerprint density at radius 1 is 0.895 bits per heavy atom. The molecule has 2 nitrogen and oxygen atoms in total. The molecule has 0 aliphatic carbocycles. The molecule has 1 amide bonds. The van der Waals surface area contributed by atoms with Gasteiger partial charge in [0.25, 0.3) is 0 Å². The molecular weight excluding hydrogens is 248 g/mol. The molecule has 0 saturated heterocycles.